The molecular formula is C51H59NO5. The molecule has 0 aromatic heterocycles. The zero-order chi connectivity index (χ0) is 39.5. The normalized spacial score (nSPS) is 29.4. The molecule has 0 aliphatic heterocycles. The number of carbonyl (C=O) groups excluding carboxylic acids is 1. The third kappa shape index (κ3) is 7.82. The van der Waals surface area contributed by atoms with Gasteiger partial charge in [-0.1, -0.05) is 116 Å². The summed E-state index contributed by atoms with van der Waals surface area (Å²) < 4.78 is 0. The molecule has 0 amide bonds. The molecule has 5 aliphatic carbocycles. The van der Waals surface area contributed by atoms with Crippen LogP contribution in [0.25, 0.3) is 17.9 Å². The average Bonchev–Trinajstić information content (AvgIpc) is 3.68. The van der Waals surface area contributed by atoms with Gasteiger partial charge in [0, 0.05) is 22.5 Å². The molecule has 1 spiro atoms. The fourth-order valence-corrected chi connectivity index (χ4v) is 11.7. The van der Waals surface area contributed by atoms with Crippen molar-refractivity contribution in [3.8, 4) is 5.75 Å². The summed E-state index contributed by atoms with van der Waals surface area (Å²) in [5.41, 5.74) is 11.1. The van der Waals surface area contributed by atoms with E-state index < -0.39 is 17.3 Å². The van der Waals surface area contributed by atoms with Crippen molar-refractivity contribution >= 4 is 30.2 Å². The number of unbranched alkanes of at least 4 members (excludes halogenated alkanes) is 2. The molecule has 0 unspecified atom stereocenters. The van der Waals surface area contributed by atoms with Crippen molar-refractivity contribution in [2.24, 2.45) is 47.2 Å². The van der Waals surface area contributed by atoms with Gasteiger partial charge >= 0.3 is 5.97 Å². The lowest BCUT2D eigenvalue weighted by atomic mass is 9.49. The predicted molar refractivity (Wildman–Crippen MR) is 228 cm³/mol. The lowest BCUT2D eigenvalue weighted by molar-refractivity contribution is -0.146. The number of carboxylic acid groups (broad SMARTS) is 1. The van der Waals surface area contributed by atoms with E-state index in [1.165, 1.54) is 23.0 Å². The Bertz CT molecular complexity index is 2170. The second kappa shape index (κ2) is 17.0. The molecule has 0 heterocycles. The zero-order valence-corrected chi connectivity index (χ0v) is 33.1. The summed E-state index contributed by atoms with van der Waals surface area (Å²) in [5, 5.41) is 35.2. The molecule has 57 heavy (non-hydrogen) atoms. The number of allylic oxidation sites excluding steroid dienone is 4. The van der Waals surface area contributed by atoms with Crippen molar-refractivity contribution < 1.29 is 24.9 Å². The second-order valence-electron chi connectivity index (χ2n) is 17.8. The van der Waals surface area contributed by atoms with Crippen LogP contribution in [0.2, 0.25) is 0 Å². The lowest BCUT2D eigenvalue weighted by Gasteiger charge is -2.54. The van der Waals surface area contributed by atoms with Crippen molar-refractivity contribution in [2.75, 3.05) is 6.54 Å². The first-order valence-electron chi connectivity index (χ1n) is 21.6. The van der Waals surface area contributed by atoms with Gasteiger partial charge in [-0.15, -0.1) is 0 Å². The number of carbonyl (C=O) groups is 2. The van der Waals surface area contributed by atoms with Gasteiger partial charge < -0.3 is 25.8 Å². The molecule has 2 bridgehead atoms. The summed E-state index contributed by atoms with van der Waals surface area (Å²) in [6.07, 6.45) is 26.2. The van der Waals surface area contributed by atoms with Crippen LogP contribution in [-0.2, 0) is 21.4 Å². The van der Waals surface area contributed by atoms with Gasteiger partial charge in [0.2, 0.25) is 0 Å². The van der Waals surface area contributed by atoms with E-state index in [0.29, 0.717) is 37.0 Å². The maximum Gasteiger partial charge on any atom is 0.307 e. The largest absolute Gasteiger partial charge is 0.511 e. The van der Waals surface area contributed by atoms with E-state index in [0.717, 1.165) is 92.2 Å². The molecule has 298 valence electrons. The fraction of sp³-hybridized carbons (Fsp3) is 0.451. The molecule has 5 aliphatic rings. The Morgan fingerprint density at radius 2 is 1.77 bits per heavy atom. The van der Waals surface area contributed by atoms with Gasteiger partial charge in [0.15, 0.2) is 0 Å². The van der Waals surface area contributed by atoms with Gasteiger partial charge in [-0.3, -0.25) is 4.79 Å². The van der Waals surface area contributed by atoms with Crippen LogP contribution >= 0.6 is 0 Å². The van der Waals surface area contributed by atoms with Crippen LogP contribution in [0.15, 0.2) is 96.6 Å². The highest BCUT2D eigenvalue weighted by molar-refractivity contribution is 5.76. The van der Waals surface area contributed by atoms with Gasteiger partial charge in [0.05, 0.1) is 5.92 Å². The standard InChI is InChI=1S/C51H59NO5/c52-25-24-33-14-17-38(26-33)40(32-53)11-3-1-2-8-35-9-5-7-13-47(50(56)57)51-31-46-41(29-39-10-4-6-12-44(39)49(46)55)30-42(51)21-18-37-16-15-34(28-48(37)51)27-45(35)36-19-22-43(54)23-20-36/h4-7,10,12,15-16,18-23,26,28-29,32,35,38,40-42,45-47,54-55H,1-3,8-9,11,13-14,17,24-25,27,30-31,52H2,(H,56,57)/t35-,38+,40+,41+,42-,45-,46+,47-,51-/m0/s1. The quantitative estimate of drug-likeness (QED) is 0.0831. The Kier molecular flexibility index (Phi) is 11.7. The van der Waals surface area contributed by atoms with Crippen molar-refractivity contribution in [3.05, 3.63) is 129 Å². The number of phenolic OH excluding ortho intramolecular Hbond substituents is 1. The number of nitrogens with two attached hydrogens (primary N) is 1. The number of benzene rings is 3. The van der Waals surface area contributed by atoms with Gasteiger partial charge in [-0.2, -0.15) is 0 Å². The van der Waals surface area contributed by atoms with E-state index in [2.05, 4.69) is 72.9 Å². The Labute approximate surface area is 337 Å². The van der Waals surface area contributed by atoms with Gasteiger partial charge in [-0.25, -0.2) is 0 Å². The summed E-state index contributed by atoms with van der Waals surface area (Å²) in [7, 11) is 0. The van der Waals surface area contributed by atoms with E-state index in [-0.39, 0.29) is 35.3 Å². The molecule has 6 heteroatoms. The Morgan fingerprint density at radius 3 is 2.58 bits per heavy atom. The highest BCUT2D eigenvalue weighted by Crippen LogP contribution is 2.59. The highest BCUT2D eigenvalue weighted by atomic mass is 16.4. The van der Waals surface area contributed by atoms with E-state index >= 15 is 0 Å². The van der Waals surface area contributed by atoms with Gasteiger partial charge in [0.1, 0.15) is 17.8 Å². The van der Waals surface area contributed by atoms with Crippen molar-refractivity contribution in [1.29, 1.82) is 0 Å². The summed E-state index contributed by atoms with van der Waals surface area (Å²) in [6.45, 7) is 0.664. The van der Waals surface area contributed by atoms with Crippen LogP contribution in [0.5, 0.6) is 5.75 Å². The number of phenols is 1. The third-order valence-corrected chi connectivity index (χ3v) is 14.7. The summed E-state index contributed by atoms with van der Waals surface area (Å²) in [6, 6.07) is 22.5. The minimum atomic E-state index is -0.776. The molecule has 3 aromatic rings. The fourth-order valence-electron chi connectivity index (χ4n) is 11.7. The van der Waals surface area contributed by atoms with Crippen molar-refractivity contribution in [2.45, 2.75) is 94.8 Å². The van der Waals surface area contributed by atoms with Crippen LogP contribution in [0.3, 0.4) is 0 Å². The number of rotatable bonds is 12. The van der Waals surface area contributed by atoms with E-state index in [4.69, 9.17) is 5.73 Å². The molecule has 9 atom stereocenters. The van der Waals surface area contributed by atoms with E-state index in [1.54, 1.807) is 12.1 Å². The maximum absolute atomic E-state index is 13.6. The molecule has 0 radical (unpaired) electrons. The molecule has 1 fully saturated rings. The number of aromatic hydroxyl groups is 1. The predicted octanol–water partition coefficient (Wildman–Crippen LogP) is 8.90. The Balaban J connectivity index is 1.09. The zero-order valence-electron chi connectivity index (χ0n) is 33.1. The number of aliphatic carboxylic acids is 1. The van der Waals surface area contributed by atoms with Crippen molar-refractivity contribution in [1.82, 2.24) is 0 Å². The van der Waals surface area contributed by atoms with E-state index in [1.807, 2.05) is 18.2 Å². The summed E-state index contributed by atoms with van der Waals surface area (Å²) >= 11 is 0. The van der Waals surface area contributed by atoms with Crippen LogP contribution in [0.4, 0.5) is 0 Å². The smallest absolute Gasteiger partial charge is 0.307 e. The van der Waals surface area contributed by atoms with Gasteiger partial charge in [0.25, 0.3) is 0 Å². The summed E-state index contributed by atoms with van der Waals surface area (Å²) in [5.74, 6) is 0.136. The number of hydrogen-bond acceptors (Lipinski definition) is 5. The number of aliphatic hydroxyl groups is 1. The minimum absolute atomic E-state index is 0.0189. The summed E-state index contributed by atoms with van der Waals surface area (Å²) in [4.78, 5) is 25.7. The van der Waals surface area contributed by atoms with Crippen LogP contribution in [0, 0.1) is 41.4 Å². The van der Waals surface area contributed by atoms with Crippen LogP contribution in [-0.4, -0.2) is 34.1 Å². The average molecular weight is 766 g/mol. The monoisotopic (exact) mass is 765 g/mol. The third-order valence-electron chi connectivity index (χ3n) is 14.7. The topological polar surface area (TPSA) is 121 Å². The number of aldehydes is 1. The van der Waals surface area contributed by atoms with Gasteiger partial charge in [-0.05, 0) is 140 Å². The number of hydrogen-bond donors (Lipinski definition) is 4. The molecule has 0 saturated heterocycles. The second-order valence-corrected chi connectivity index (χ2v) is 17.8. The number of carboxylic acids is 1. The number of fused-ring (bicyclic) bond motifs is 3. The SMILES string of the molecule is NCCC1=C[C@H]([C@@H](C=O)CCCCC[C@H]2CC=CC[C@@H](C(=O)O)[C@]34C[C@H]5C(O)=c6ccccc6=C[C@@H]5C[C@@H]3C=Cc3ccc(cc34)C[C@@H]2c2ccc(O)cc2)CC1. The lowest BCUT2D eigenvalue weighted by Crippen LogP contribution is -2.54. The molecule has 6 nitrogen and oxygen atoms in total. The first-order valence-corrected chi connectivity index (χ1v) is 21.6. The first kappa shape index (κ1) is 39.2. The van der Waals surface area contributed by atoms with Crippen LogP contribution < -0.4 is 16.2 Å². The maximum atomic E-state index is 13.6. The number of aliphatic hydroxyl groups excluding tert-OH is 1. The minimum Gasteiger partial charge on any atom is -0.511 e. The Hall–Kier alpha value is -4.68. The molecule has 1 saturated carbocycles. The van der Waals surface area contributed by atoms with Crippen molar-refractivity contribution in [3.63, 3.8) is 0 Å². The molecule has 8 rings (SSSR count). The van der Waals surface area contributed by atoms with E-state index in [9.17, 15) is 24.9 Å². The first-order chi connectivity index (χ1) is 27.8. The molecular weight excluding hydrogens is 707 g/mol. The van der Waals surface area contributed by atoms with Crippen LogP contribution in [0.1, 0.15) is 105 Å². The Morgan fingerprint density at radius 1 is 0.947 bits per heavy atom. The molecule has 5 N–H and O–H groups in total. The highest BCUT2D eigenvalue weighted by Gasteiger charge is 2.56. The molecule has 3 aromatic carbocycles.